The Balaban J connectivity index is 1.55. The quantitative estimate of drug-likeness (QED) is 0.157. The second-order valence-electron chi connectivity index (χ2n) is 17.9. The molecule has 0 spiro atoms. The predicted molar refractivity (Wildman–Crippen MR) is 193 cm³/mol. The van der Waals surface area contributed by atoms with Crippen molar-refractivity contribution in [2.75, 3.05) is 18.8 Å². The van der Waals surface area contributed by atoms with Gasteiger partial charge in [0, 0.05) is 13.1 Å². The first-order valence-corrected chi connectivity index (χ1v) is 20.0. The van der Waals surface area contributed by atoms with Gasteiger partial charge in [-0.15, -0.1) is 6.58 Å². The molecule has 3 saturated carbocycles. The van der Waals surface area contributed by atoms with Crippen LogP contribution in [0.3, 0.4) is 0 Å². The van der Waals surface area contributed by atoms with Crippen molar-refractivity contribution >= 4 is 39.4 Å². The van der Waals surface area contributed by atoms with Crippen LogP contribution < -0.4 is 21.3 Å². The molecule has 13 heteroatoms. The Morgan fingerprint density at radius 1 is 0.960 bits per heavy atom. The van der Waals surface area contributed by atoms with E-state index in [1.165, 1.54) is 11.0 Å². The summed E-state index contributed by atoms with van der Waals surface area (Å²) in [7, 11) is -3.56. The van der Waals surface area contributed by atoms with Crippen LogP contribution in [0, 0.1) is 28.6 Å². The molecule has 0 aromatic heterocycles. The van der Waals surface area contributed by atoms with Crippen LogP contribution in [0.1, 0.15) is 113 Å². The maximum Gasteiger partial charge on any atom is 0.315 e. The third-order valence-electron chi connectivity index (χ3n) is 11.6. The number of nitrogens with zero attached hydrogens (tertiary/aromatic N) is 1. The number of hydrogen-bond acceptors (Lipinski definition) is 7. The molecule has 0 aromatic carbocycles. The normalized spacial score (nSPS) is 25.4. The van der Waals surface area contributed by atoms with E-state index in [4.69, 9.17) is 0 Å². The van der Waals surface area contributed by atoms with E-state index in [0.29, 0.717) is 38.1 Å². The van der Waals surface area contributed by atoms with E-state index < -0.39 is 73.2 Å². The minimum absolute atomic E-state index is 0.0567. The monoisotopic (exact) mass is 719 g/mol. The number of rotatable bonds is 14. The molecule has 1 unspecified atom stereocenters. The number of hydrogen-bond donors (Lipinski definition) is 4. The minimum atomic E-state index is -3.56. The zero-order valence-corrected chi connectivity index (χ0v) is 32.3. The average Bonchev–Trinajstić information content (AvgIpc) is 3.87. The van der Waals surface area contributed by atoms with Gasteiger partial charge < -0.3 is 26.2 Å². The van der Waals surface area contributed by atoms with E-state index in [1.54, 1.807) is 20.8 Å². The summed E-state index contributed by atoms with van der Waals surface area (Å²) in [5.41, 5.74) is -1.93. The molecule has 4 N–H and O–H groups in total. The highest BCUT2D eigenvalue weighted by Crippen LogP contribution is 2.65. The van der Waals surface area contributed by atoms with Gasteiger partial charge in [0.05, 0.1) is 22.1 Å². The fraction of sp³-hybridized carbons (Fsp3) is 0.811. The molecule has 0 radical (unpaired) electrons. The Bertz CT molecular complexity index is 1450. The Hall–Kier alpha value is -2.96. The van der Waals surface area contributed by atoms with Crippen molar-refractivity contribution in [1.82, 2.24) is 26.2 Å². The van der Waals surface area contributed by atoms with Gasteiger partial charge in [-0.2, -0.15) is 0 Å². The lowest BCUT2D eigenvalue weighted by Crippen LogP contribution is -2.64. The van der Waals surface area contributed by atoms with E-state index >= 15 is 0 Å². The number of sulfone groups is 1. The Kier molecular flexibility index (Phi) is 11.6. The lowest BCUT2D eigenvalue weighted by atomic mass is 9.83. The Labute approximate surface area is 299 Å². The molecule has 4 fully saturated rings. The second-order valence-corrected chi connectivity index (χ2v) is 20.7. The number of fused-ring (bicyclic) bond motifs is 1. The summed E-state index contributed by atoms with van der Waals surface area (Å²) < 4.78 is 25.7. The molecule has 282 valence electrons. The van der Waals surface area contributed by atoms with Crippen LogP contribution in [-0.4, -0.2) is 90.1 Å². The van der Waals surface area contributed by atoms with Gasteiger partial charge in [0.15, 0.2) is 9.84 Å². The second kappa shape index (κ2) is 14.6. The molecular weight excluding hydrogens is 659 g/mol. The number of ketones is 1. The number of urea groups is 1. The van der Waals surface area contributed by atoms with Crippen molar-refractivity contribution in [1.29, 1.82) is 0 Å². The molecule has 5 atom stereocenters. The Morgan fingerprint density at radius 2 is 1.58 bits per heavy atom. The molecule has 1 aliphatic heterocycles. The first-order valence-electron chi connectivity index (χ1n) is 18.4. The van der Waals surface area contributed by atoms with Gasteiger partial charge in [-0.1, -0.05) is 72.8 Å². The van der Waals surface area contributed by atoms with Crippen LogP contribution in [0.15, 0.2) is 12.7 Å². The molecule has 4 rings (SSSR count). The Morgan fingerprint density at radius 3 is 2.12 bits per heavy atom. The van der Waals surface area contributed by atoms with Gasteiger partial charge >= 0.3 is 6.03 Å². The van der Waals surface area contributed by atoms with Gasteiger partial charge in [0.1, 0.15) is 12.1 Å². The summed E-state index contributed by atoms with van der Waals surface area (Å²) >= 11 is 0. The summed E-state index contributed by atoms with van der Waals surface area (Å²) in [4.78, 5) is 69.8. The fourth-order valence-electron chi connectivity index (χ4n) is 7.90. The molecule has 1 saturated heterocycles. The van der Waals surface area contributed by atoms with Crippen LogP contribution in [-0.2, 0) is 29.0 Å². The lowest BCUT2D eigenvalue weighted by molar-refractivity contribution is -0.145. The first-order chi connectivity index (χ1) is 23.0. The highest BCUT2D eigenvalue weighted by Gasteiger charge is 2.70. The molecule has 5 amide bonds. The summed E-state index contributed by atoms with van der Waals surface area (Å²) in [5, 5.41) is 11.3. The van der Waals surface area contributed by atoms with Crippen molar-refractivity contribution < 1.29 is 32.4 Å². The van der Waals surface area contributed by atoms with Gasteiger partial charge in [-0.05, 0) is 75.0 Å². The number of likely N-dealkylation sites (tertiary alicyclic amines) is 1. The van der Waals surface area contributed by atoms with Gasteiger partial charge in [-0.25, -0.2) is 13.2 Å². The number of piperidine rings is 1. The molecule has 3 aliphatic carbocycles. The largest absolute Gasteiger partial charge is 0.346 e. The van der Waals surface area contributed by atoms with Crippen molar-refractivity contribution in [3.05, 3.63) is 12.7 Å². The average molecular weight is 720 g/mol. The fourth-order valence-corrected chi connectivity index (χ4v) is 9.42. The highest BCUT2D eigenvalue weighted by atomic mass is 32.2. The van der Waals surface area contributed by atoms with Crippen LogP contribution in [0.4, 0.5) is 4.79 Å². The van der Waals surface area contributed by atoms with Gasteiger partial charge in [0.2, 0.25) is 17.6 Å². The molecular formula is C37H61N5O7S. The van der Waals surface area contributed by atoms with E-state index in [1.807, 2.05) is 20.8 Å². The summed E-state index contributed by atoms with van der Waals surface area (Å²) in [6, 6.07) is -3.56. The zero-order chi connectivity index (χ0) is 37.4. The topological polar surface area (TPSA) is 171 Å². The number of nitrogens with one attached hydrogen (secondary N) is 4. The summed E-state index contributed by atoms with van der Waals surface area (Å²) in [6.45, 7) is 18.6. The van der Waals surface area contributed by atoms with E-state index in [9.17, 15) is 32.4 Å². The van der Waals surface area contributed by atoms with Crippen molar-refractivity contribution in [3.8, 4) is 0 Å². The zero-order valence-electron chi connectivity index (χ0n) is 31.4. The van der Waals surface area contributed by atoms with Crippen molar-refractivity contribution in [3.63, 3.8) is 0 Å². The molecule has 0 bridgehead atoms. The number of carbonyl (C=O) groups is 5. The van der Waals surface area contributed by atoms with Gasteiger partial charge in [-0.3, -0.25) is 19.2 Å². The lowest BCUT2D eigenvalue weighted by Gasteiger charge is -2.41. The standard InChI is InChI=1S/C37H61N5O7S/c1-10-20-38-31(45)28(43)25(17-16-23-14-15-23)39-30(44)27-26-24(36(26,8)9)21-42(27)32(46)29(34(2,3)4)40-33(47)41-37(18-12-11-13-19-37)22-50(48,49)35(5,6)7/h10,23-27,29H,1,11-22H2,2-9H3,(H,38,45)(H,39,44)(H2,40,41,47)/t24-,25?,26-,27-,29+/m0/s1. The molecule has 0 aromatic rings. The molecule has 4 aliphatic rings. The van der Waals surface area contributed by atoms with E-state index in [2.05, 4.69) is 41.7 Å². The van der Waals surface area contributed by atoms with E-state index in [-0.39, 0.29) is 29.5 Å². The number of carbonyl (C=O) groups excluding carboxylic acids is 5. The number of amides is 5. The summed E-state index contributed by atoms with van der Waals surface area (Å²) in [5.74, 6) is -2.22. The maximum absolute atomic E-state index is 14.5. The van der Waals surface area contributed by atoms with Gasteiger partial charge in [0.25, 0.3) is 5.91 Å². The molecule has 12 nitrogen and oxygen atoms in total. The maximum atomic E-state index is 14.5. The molecule has 1 heterocycles. The summed E-state index contributed by atoms with van der Waals surface area (Å²) in [6.07, 6.45) is 8.18. The van der Waals surface area contributed by atoms with Crippen molar-refractivity contribution in [2.45, 2.75) is 142 Å². The third-order valence-corrected chi connectivity index (χ3v) is 14.4. The van der Waals surface area contributed by atoms with Crippen molar-refractivity contribution in [2.24, 2.45) is 28.6 Å². The van der Waals surface area contributed by atoms with E-state index in [0.717, 1.165) is 32.1 Å². The SMILES string of the molecule is C=CCNC(=O)C(=O)C(CCC1CC1)NC(=O)[C@@H]1[C@@H]2[C@H](CN1C(=O)[C@@H](NC(=O)NC1(CS(=O)(=O)C(C)(C)C)CCCCC1)C(C)(C)C)C2(C)C. The van der Waals surface area contributed by atoms with Crippen LogP contribution >= 0.6 is 0 Å². The van der Waals surface area contributed by atoms with Crippen LogP contribution in [0.2, 0.25) is 0 Å². The third kappa shape index (κ3) is 8.91. The predicted octanol–water partition coefficient (Wildman–Crippen LogP) is 3.65. The minimum Gasteiger partial charge on any atom is -0.346 e. The smallest absolute Gasteiger partial charge is 0.315 e. The molecule has 50 heavy (non-hydrogen) atoms. The highest BCUT2D eigenvalue weighted by molar-refractivity contribution is 7.92. The first kappa shape index (κ1) is 39.8. The van der Waals surface area contributed by atoms with Crippen LogP contribution in [0.25, 0.3) is 0 Å². The number of Topliss-reactive ketones (excluding diaryl/α,β-unsaturated/α-hetero) is 1. The van der Waals surface area contributed by atoms with Crippen LogP contribution in [0.5, 0.6) is 0 Å².